The van der Waals surface area contributed by atoms with Crippen molar-refractivity contribution in [3.63, 3.8) is 0 Å². The molecule has 2 rings (SSSR count). The molecule has 0 bridgehead atoms. The van der Waals surface area contributed by atoms with E-state index in [1.54, 1.807) is 24.3 Å². The van der Waals surface area contributed by atoms with Crippen molar-refractivity contribution in [1.29, 1.82) is 0 Å². The zero-order chi connectivity index (χ0) is 14.4. The molecule has 108 valence electrons. The van der Waals surface area contributed by atoms with Crippen LogP contribution < -0.4 is 5.73 Å². The average molecular weight is 275 g/mol. The van der Waals surface area contributed by atoms with E-state index in [9.17, 15) is 4.79 Å². The molecular weight excluding hydrogens is 254 g/mol. The predicted molar refractivity (Wildman–Crippen MR) is 79.7 cm³/mol. The summed E-state index contributed by atoms with van der Waals surface area (Å²) in [7, 11) is 0. The molecule has 0 aliphatic rings. The average Bonchev–Trinajstić information content (AvgIpc) is 2.85. The highest BCUT2D eigenvalue weighted by Crippen LogP contribution is 2.22. The Kier molecular flexibility index (Phi) is 5.04. The number of nitrogens with two attached hydrogens (primary N) is 1. The molecule has 0 saturated heterocycles. The second-order valence-electron chi connectivity index (χ2n) is 4.96. The second kappa shape index (κ2) is 6.98. The van der Waals surface area contributed by atoms with Crippen molar-refractivity contribution in [2.45, 2.75) is 39.0 Å². The highest BCUT2D eigenvalue weighted by molar-refractivity contribution is 5.93. The maximum Gasteiger partial charge on any atom is 0.374 e. The third kappa shape index (κ3) is 3.76. The molecule has 0 saturated carbocycles. The Labute approximate surface area is 118 Å². The van der Waals surface area contributed by atoms with Crippen LogP contribution in [-0.4, -0.2) is 12.6 Å². The van der Waals surface area contributed by atoms with Crippen LogP contribution in [0, 0.1) is 0 Å². The van der Waals surface area contributed by atoms with Gasteiger partial charge in [0, 0.05) is 11.1 Å². The van der Waals surface area contributed by atoms with Gasteiger partial charge in [0.1, 0.15) is 5.58 Å². The van der Waals surface area contributed by atoms with E-state index in [1.807, 2.05) is 0 Å². The van der Waals surface area contributed by atoms with Gasteiger partial charge in [-0.25, -0.2) is 4.79 Å². The van der Waals surface area contributed by atoms with Crippen LogP contribution >= 0.6 is 0 Å². The van der Waals surface area contributed by atoms with Crippen molar-refractivity contribution in [3.8, 4) is 0 Å². The summed E-state index contributed by atoms with van der Waals surface area (Å²) < 4.78 is 10.7. The van der Waals surface area contributed by atoms with Gasteiger partial charge in [-0.15, -0.1) is 0 Å². The van der Waals surface area contributed by atoms with Crippen LogP contribution in [0.5, 0.6) is 0 Å². The maximum atomic E-state index is 11.8. The number of benzene rings is 1. The minimum atomic E-state index is -0.407. The Bertz CT molecular complexity index is 574. The lowest BCUT2D eigenvalue weighted by molar-refractivity contribution is 0.0464. The summed E-state index contributed by atoms with van der Waals surface area (Å²) in [6, 6.07) is 6.95. The Balaban J connectivity index is 1.85. The van der Waals surface area contributed by atoms with Crippen molar-refractivity contribution < 1.29 is 13.9 Å². The van der Waals surface area contributed by atoms with Crippen LogP contribution in [0.4, 0.5) is 5.69 Å². The molecule has 1 heterocycles. The minimum absolute atomic E-state index is 0.235. The van der Waals surface area contributed by atoms with E-state index in [0.29, 0.717) is 17.9 Å². The molecule has 0 atom stereocenters. The third-order valence-corrected chi connectivity index (χ3v) is 3.22. The first-order valence-electron chi connectivity index (χ1n) is 7.17. The van der Waals surface area contributed by atoms with Gasteiger partial charge in [-0.1, -0.05) is 32.6 Å². The summed E-state index contributed by atoms with van der Waals surface area (Å²) >= 11 is 0. The number of hydrogen-bond acceptors (Lipinski definition) is 4. The highest BCUT2D eigenvalue weighted by atomic mass is 16.5. The van der Waals surface area contributed by atoms with Crippen molar-refractivity contribution in [1.82, 2.24) is 0 Å². The molecular formula is C16H21NO3. The monoisotopic (exact) mass is 275 g/mol. The molecule has 0 aliphatic heterocycles. The molecule has 2 N–H and O–H groups in total. The van der Waals surface area contributed by atoms with Crippen molar-refractivity contribution in [3.05, 3.63) is 30.0 Å². The van der Waals surface area contributed by atoms with Gasteiger partial charge in [0.2, 0.25) is 5.76 Å². The maximum absolute atomic E-state index is 11.8. The van der Waals surface area contributed by atoms with E-state index in [4.69, 9.17) is 14.9 Å². The van der Waals surface area contributed by atoms with Gasteiger partial charge < -0.3 is 14.9 Å². The number of carbonyl (C=O) groups is 1. The summed E-state index contributed by atoms with van der Waals surface area (Å²) in [4.78, 5) is 11.8. The number of esters is 1. The smallest absolute Gasteiger partial charge is 0.374 e. The Morgan fingerprint density at radius 2 is 2.00 bits per heavy atom. The molecule has 0 aliphatic carbocycles. The topological polar surface area (TPSA) is 65.5 Å². The predicted octanol–water partition coefficient (Wildman–Crippen LogP) is 4.14. The first kappa shape index (κ1) is 14.4. The van der Waals surface area contributed by atoms with Crippen LogP contribution in [-0.2, 0) is 4.74 Å². The molecule has 0 spiro atoms. The zero-order valence-electron chi connectivity index (χ0n) is 11.9. The van der Waals surface area contributed by atoms with E-state index >= 15 is 0 Å². The van der Waals surface area contributed by atoms with Crippen molar-refractivity contribution in [2.75, 3.05) is 12.3 Å². The lowest BCUT2D eigenvalue weighted by Crippen LogP contribution is -2.05. The Hall–Kier alpha value is -1.97. The lowest BCUT2D eigenvalue weighted by Gasteiger charge is -2.02. The fraction of sp³-hybridized carbons (Fsp3) is 0.438. The van der Waals surface area contributed by atoms with Crippen molar-refractivity contribution in [2.24, 2.45) is 0 Å². The van der Waals surface area contributed by atoms with Crippen molar-refractivity contribution >= 4 is 22.6 Å². The summed E-state index contributed by atoms with van der Waals surface area (Å²) in [5, 5.41) is 0.819. The SMILES string of the molecule is CCCCCCCOC(=O)c1cc2cc(N)ccc2o1. The standard InChI is InChI=1S/C16H21NO3/c1-2-3-4-5-6-9-19-16(18)15-11-12-10-13(17)7-8-14(12)20-15/h7-8,10-11H,2-6,9,17H2,1H3. The first-order chi connectivity index (χ1) is 9.70. The van der Waals surface area contributed by atoms with Crippen LogP contribution in [0.25, 0.3) is 11.0 Å². The number of furan rings is 1. The molecule has 4 nitrogen and oxygen atoms in total. The molecule has 0 radical (unpaired) electrons. The minimum Gasteiger partial charge on any atom is -0.460 e. The van der Waals surface area contributed by atoms with Gasteiger partial charge >= 0.3 is 5.97 Å². The Morgan fingerprint density at radius 1 is 1.20 bits per heavy atom. The van der Waals surface area contributed by atoms with Crippen LogP contribution in [0.15, 0.2) is 28.7 Å². The van der Waals surface area contributed by atoms with Gasteiger partial charge in [-0.05, 0) is 30.7 Å². The zero-order valence-corrected chi connectivity index (χ0v) is 11.9. The number of ether oxygens (including phenoxy) is 1. The number of rotatable bonds is 7. The van der Waals surface area contributed by atoms with Crippen LogP contribution in [0.2, 0.25) is 0 Å². The third-order valence-electron chi connectivity index (χ3n) is 3.22. The second-order valence-corrected chi connectivity index (χ2v) is 4.96. The van der Waals surface area contributed by atoms with Gasteiger partial charge in [0.05, 0.1) is 6.61 Å². The molecule has 1 aromatic heterocycles. The van der Waals surface area contributed by atoms with Crippen LogP contribution in [0.1, 0.15) is 49.6 Å². The lowest BCUT2D eigenvalue weighted by atomic mass is 10.2. The highest BCUT2D eigenvalue weighted by Gasteiger charge is 2.13. The molecule has 20 heavy (non-hydrogen) atoms. The van der Waals surface area contributed by atoms with Gasteiger partial charge in [0.15, 0.2) is 0 Å². The van der Waals surface area contributed by atoms with E-state index < -0.39 is 5.97 Å². The van der Waals surface area contributed by atoms with E-state index in [0.717, 1.165) is 18.2 Å². The van der Waals surface area contributed by atoms with E-state index in [-0.39, 0.29) is 5.76 Å². The summed E-state index contributed by atoms with van der Waals surface area (Å²) in [5.74, 6) is -0.172. The van der Waals surface area contributed by atoms with Crippen LogP contribution in [0.3, 0.4) is 0 Å². The van der Waals surface area contributed by atoms with Gasteiger partial charge in [0.25, 0.3) is 0 Å². The summed E-state index contributed by atoms with van der Waals surface area (Å²) in [5.41, 5.74) is 6.98. The molecule has 1 aromatic carbocycles. The molecule has 4 heteroatoms. The number of unbranched alkanes of at least 4 members (excludes halogenated alkanes) is 4. The molecule has 0 fully saturated rings. The normalized spacial score (nSPS) is 10.8. The summed E-state index contributed by atoms with van der Waals surface area (Å²) in [6.07, 6.45) is 5.63. The molecule has 0 amide bonds. The van der Waals surface area contributed by atoms with Gasteiger partial charge in [-0.2, -0.15) is 0 Å². The summed E-state index contributed by atoms with van der Waals surface area (Å²) in [6.45, 7) is 2.62. The fourth-order valence-electron chi connectivity index (χ4n) is 2.10. The number of nitrogen functional groups attached to an aromatic ring is 1. The number of anilines is 1. The number of fused-ring (bicyclic) bond motifs is 1. The fourth-order valence-corrected chi connectivity index (χ4v) is 2.10. The Morgan fingerprint density at radius 3 is 2.80 bits per heavy atom. The molecule has 0 unspecified atom stereocenters. The first-order valence-corrected chi connectivity index (χ1v) is 7.17. The quantitative estimate of drug-likeness (QED) is 0.468. The largest absolute Gasteiger partial charge is 0.460 e. The molecule has 2 aromatic rings. The number of hydrogen-bond donors (Lipinski definition) is 1. The van der Waals surface area contributed by atoms with E-state index in [1.165, 1.54) is 19.3 Å². The van der Waals surface area contributed by atoms with E-state index in [2.05, 4.69) is 6.92 Å². The van der Waals surface area contributed by atoms with Gasteiger partial charge in [-0.3, -0.25) is 0 Å². The number of carbonyl (C=O) groups excluding carboxylic acids is 1.